The highest BCUT2D eigenvalue weighted by Gasteiger charge is 2.26. The third-order valence-corrected chi connectivity index (χ3v) is 4.36. The Bertz CT molecular complexity index is 598. The summed E-state index contributed by atoms with van der Waals surface area (Å²) in [7, 11) is 0. The summed E-state index contributed by atoms with van der Waals surface area (Å²) in [5.74, 6) is -0.173. The van der Waals surface area contributed by atoms with Gasteiger partial charge in [-0.25, -0.2) is 9.97 Å². The van der Waals surface area contributed by atoms with Crippen molar-refractivity contribution in [2.75, 3.05) is 18.0 Å². The molecule has 110 valence electrons. The molecule has 1 unspecified atom stereocenters. The van der Waals surface area contributed by atoms with Gasteiger partial charge in [-0.2, -0.15) is 0 Å². The summed E-state index contributed by atoms with van der Waals surface area (Å²) >= 11 is 1.64. The lowest BCUT2D eigenvalue weighted by atomic mass is 10.2. The van der Waals surface area contributed by atoms with Crippen molar-refractivity contribution >= 4 is 22.4 Å². The summed E-state index contributed by atoms with van der Waals surface area (Å²) in [5.41, 5.74) is 1.16. The maximum Gasteiger partial charge on any atom is 0.271 e. The molecule has 1 aliphatic rings. The molecule has 7 heteroatoms. The van der Waals surface area contributed by atoms with Crippen LogP contribution in [0.3, 0.4) is 0 Å². The van der Waals surface area contributed by atoms with Gasteiger partial charge in [-0.1, -0.05) is 0 Å². The van der Waals surface area contributed by atoms with E-state index in [1.165, 1.54) is 6.20 Å². The van der Waals surface area contributed by atoms with Gasteiger partial charge in [0.05, 0.1) is 11.9 Å². The fraction of sp³-hybridized carbons (Fsp3) is 0.429. The van der Waals surface area contributed by atoms with Gasteiger partial charge in [-0.05, 0) is 19.8 Å². The Morgan fingerprint density at radius 3 is 3.05 bits per heavy atom. The lowest BCUT2D eigenvalue weighted by Gasteiger charge is -2.24. The van der Waals surface area contributed by atoms with Crippen molar-refractivity contribution in [3.8, 4) is 0 Å². The number of hydrogen-bond acceptors (Lipinski definition) is 6. The standard InChI is InChI=1S/C14H17N5OS/c1-10-7-17-12(9-16-10)13(20)18-8-11-3-2-5-19(11)14-15-4-6-21-14/h4,6-7,9,11H,2-3,5,8H2,1H3,(H,18,20). The van der Waals surface area contributed by atoms with E-state index >= 15 is 0 Å². The molecular weight excluding hydrogens is 286 g/mol. The maximum absolute atomic E-state index is 12.1. The molecule has 0 saturated carbocycles. The minimum absolute atomic E-state index is 0.173. The highest BCUT2D eigenvalue weighted by atomic mass is 32.1. The zero-order valence-corrected chi connectivity index (χ0v) is 12.6. The number of aryl methyl sites for hydroxylation is 1. The number of amides is 1. The first-order valence-electron chi connectivity index (χ1n) is 6.97. The van der Waals surface area contributed by atoms with E-state index in [9.17, 15) is 4.79 Å². The Balaban J connectivity index is 1.59. The third-order valence-electron chi connectivity index (χ3n) is 3.55. The Morgan fingerprint density at radius 1 is 1.43 bits per heavy atom. The second-order valence-corrected chi connectivity index (χ2v) is 5.93. The molecule has 1 fully saturated rings. The van der Waals surface area contributed by atoms with Crippen molar-refractivity contribution in [2.24, 2.45) is 0 Å². The van der Waals surface area contributed by atoms with E-state index in [-0.39, 0.29) is 5.91 Å². The largest absolute Gasteiger partial charge is 0.349 e. The van der Waals surface area contributed by atoms with Gasteiger partial charge < -0.3 is 10.2 Å². The molecule has 1 amide bonds. The van der Waals surface area contributed by atoms with Gasteiger partial charge in [0, 0.05) is 36.9 Å². The first-order valence-corrected chi connectivity index (χ1v) is 7.85. The van der Waals surface area contributed by atoms with Crippen LogP contribution in [0.1, 0.15) is 29.0 Å². The van der Waals surface area contributed by atoms with Crippen molar-refractivity contribution in [1.82, 2.24) is 20.3 Å². The predicted octanol–water partition coefficient (Wildman–Crippen LogP) is 1.64. The van der Waals surface area contributed by atoms with Crippen molar-refractivity contribution in [3.63, 3.8) is 0 Å². The average Bonchev–Trinajstić information content (AvgIpc) is 3.16. The first-order chi connectivity index (χ1) is 10.2. The highest BCUT2D eigenvalue weighted by Crippen LogP contribution is 2.26. The van der Waals surface area contributed by atoms with Gasteiger partial charge in [0.25, 0.3) is 5.91 Å². The van der Waals surface area contributed by atoms with Gasteiger partial charge in [0.15, 0.2) is 5.13 Å². The van der Waals surface area contributed by atoms with E-state index < -0.39 is 0 Å². The number of rotatable bonds is 4. The fourth-order valence-electron chi connectivity index (χ4n) is 2.47. The molecule has 2 aromatic rings. The quantitative estimate of drug-likeness (QED) is 0.929. The summed E-state index contributed by atoms with van der Waals surface area (Å²) in [4.78, 5) is 26.9. The minimum atomic E-state index is -0.173. The first kappa shape index (κ1) is 13.9. The molecule has 1 N–H and O–H groups in total. The van der Waals surface area contributed by atoms with E-state index in [2.05, 4.69) is 25.2 Å². The smallest absolute Gasteiger partial charge is 0.271 e. The number of hydrogen-bond donors (Lipinski definition) is 1. The topological polar surface area (TPSA) is 71.0 Å². The van der Waals surface area contributed by atoms with Gasteiger partial charge in [0.2, 0.25) is 0 Å². The van der Waals surface area contributed by atoms with Gasteiger partial charge in [-0.15, -0.1) is 11.3 Å². The van der Waals surface area contributed by atoms with Crippen LogP contribution >= 0.6 is 11.3 Å². The summed E-state index contributed by atoms with van der Waals surface area (Å²) in [6, 6.07) is 0.304. The molecule has 6 nitrogen and oxygen atoms in total. The van der Waals surface area contributed by atoms with Crippen LogP contribution in [-0.2, 0) is 0 Å². The second kappa shape index (κ2) is 6.17. The van der Waals surface area contributed by atoms with E-state index in [0.717, 1.165) is 30.2 Å². The van der Waals surface area contributed by atoms with Crippen molar-refractivity contribution in [2.45, 2.75) is 25.8 Å². The fourth-order valence-corrected chi connectivity index (χ4v) is 3.21. The van der Waals surface area contributed by atoms with Crippen LogP contribution < -0.4 is 10.2 Å². The Kier molecular flexibility index (Phi) is 4.10. The van der Waals surface area contributed by atoms with Gasteiger partial charge >= 0.3 is 0 Å². The number of anilines is 1. The van der Waals surface area contributed by atoms with Crippen LogP contribution in [-0.4, -0.2) is 40.0 Å². The number of nitrogens with zero attached hydrogens (tertiary/aromatic N) is 4. The maximum atomic E-state index is 12.1. The summed E-state index contributed by atoms with van der Waals surface area (Å²) < 4.78 is 0. The highest BCUT2D eigenvalue weighted by molar-refractivity contribution is 7.13. The molecule has 1 saturated heterocycles. The number of thiazole rings is 1. The summed E-state index contributed by atoms with van der Waals surface area (Å²) in [5, 5.41) is 5.95. The molecular formula is C14H17N5OS. The molecule has 0 aromatic carbocycles. The van der Waals surface area contributed by atoms with E-state index in [1.807, 2.05) is 18.5 Å². The second-order valence-electron chi connectivity index (χ2n) is 5.06. The molecule has 0 bridgehead atoms. The van der Waals surface area contributed by atoms with Gasteiger partial charge in [0.1, 0.15) is 5.69 Å². The number of carbonyl (C=O) groups excluding carboxylic acids is 1. The molecule has 21 heavy (non-hydrogen) atoms. The Morgan fingerprint density at radius 2 is 2.33 bits per heavy atom. The average molecular weight is 303 g/mol. The number of nitrogens with one attached hydrogen (secondary N) is 1. The third kappa shape index (κ3) is 3.18. The van der Waals surface area contributed by atoms with Crippen molar-refractivity contribution in [1.29, 1.82) is 0 Å². The summed E-state index contributed by atoms with van der Waals surface area (Å²) in [6.45, 7) is 3.45. The number of carbonyl (C=O) groups is 1. The van der Waals surface area contributed by atoms with Crippen molar-refractivity contribution < 1.29 is 4.79 Å². The normalized spacial score (nSPS) is 18.0. The van der Waals surface area contributed by atoms with E-state index in [1.54, 1.807) is 17.5 Å². The molecule has 0 radical (unpaired) electrons. The molecule has 1 aliphatic heterocycles. The molecule has 2 aromatic heterocycles. The lowest BCUT2D eigenvalue weighted by Crippen LogP contribution is -2.40. The summed E-state index contributed by atoms with van der Waals surface area (Å²) in [6.07, 6.45) is 7.13. The molecule has 0 spiro atoms. The molecule has 3 heterocycles. The van der Waals surface area contributed by atoms with Crippen LogP contribution in [0.5, 0.6) is 0 Å². The minimum Gasteiger partial charge on any atom is -0.349 e. The van der Waals surface area contributed by atoms with Crippen LogP contribution in [0.25, 0.3) is 0 Å². The van der Waals surface area contributed by atoms with Crippen LogP contribution in [0.4, 0.5) is 5.13 Å². The van der Waals surface area contributed by atoms with Crippen molar-refractivity contribution in [3.05, 3.63) is 35.4 Å². The SMILES string of the molecule is Cc1cnc(C(=O)NCC2CCCN2c2nccs2)cn1. The zero-order valence-electron chi connectivity index (χ0n) is 11.8. The van der Waals surface area contributed by atoms with Crippen LogP contribution in [0, 0.1) is 6.92 Å². The molecule has 3 rings (SSSR count). The predicted molar refractivity (Wildman–Crippen MR) is 81.6 cm³/mol. The number of aromatic nitrogens is 3. The van der Waals surface area contributed by atoms with E-state index in [0.29, 0.717) is 18.3 Å². The molecule has 0 aliphatic carbocycles. The Labute approximate surface area is 127 Å². The Hall–Kier alpha value is -2.02. The van der Waals surface area contributed by atoms with Gasteiger partial charge in [-0.3, -0.25) is 9.78 Å². The van der Waals surface area contributed by atoms with Crippen LogP contribution in [0.2, 0.25) is 0 Å². The van der Waals surface area contributed by atoms with E-state index in [4.69, 9.17) is 0 Å². The van der Waals surface area contributed by atoms with Crippen LogP contribution in [0.15, 0.2) is 24.0 Å². The lowest BCUT2D eigenvalue weighted by molar-refractivity contribution is 0.0946. The molecule has 1 atom stereocenters. The zero-order chi connectivity index (χ0) is 14.7. The monoisotopic (exact) mass is 303 g/mol.